The van der Waals surface area contributed by atoms with Crippen LogP contribution in [-0.4, -0.2) is 24.0 Å². The van der Waals surface area contributed by atoms with Gasteiger partial charge in [-0.2, -0.15) is 0 Å². The van der Waals surface area contributed by atoms with Gasteiger partial charge in [0.25, 0.3) is 0 Å². The second-order valence-electron chi connectivity index (χ2n) is 4.01. The molecule has 0 bridgehead atoms. The Labute approximate surface area is 103 Å². The smallest absolute Gasteiger partial charge is 0.222 e. The largest absolute Gasteiger partial charge is 0.369 e. The highest BCUT2D eigenvalue weighted by Gasteiger charge is 2.24. The van der Waals surface area contributed by atoms with Crippen LogP contribution in [0.4, 0.5) is 5.82 Å². The lowest BCUT2D eigenvalue weighted by Crippen LogP contribution is -2.41. The van der Waals surface area contributed by atoms with E-state index < -0.39 is 0 Å². The lowest BCUT2D eigenvalue weighted by atomic mass is 9.97. The minimum absolute atomic E-state index is 0.0467. The molecule has 1 fully saturated rings. The quantitative estimate of drug-likeness (QED) is 0.838. The van der Waals surface area contributed by atoms with Gasteiger partial charge in [-0.05, 0) is 40.9 Å². The zero-order valence-corrected chi connectivity index (χ0v) is 10.5. The van der Waals surface area contributed by atoms with Crippen molar-refractivity contribution in [2.45, 2.75) is 12.8 Å². The Morgan fingerprint density at radius 2 is 2.38 bits per heavy atom. The molecule has 2 rings (SSSR count). The fourth-order valence-electron chi connectivity index (χ4n) is 1.99. The van der Waals surface area contributed by atoms with Crippen LogP contribution in [0.15, 0.2) is 22.8 Å². The number of nitrogens with two attached hydrogens (primary N) is 1. The number of nitrogens with zero attached hydrogens (tertiary/aromatic N) is 2. The van der Waals surface area contributed by atoms with Crippen molar-refractivity contribution in [3.63, 3.8) is 0 Å². The highest BCUT2D eigenvalue weighted by atomic mass is 79.9. The molecular formula is C11H14BrN3O. The lowest BCUT2D eigenvalue weighted by Gasteiger charge is -2.32. The first-order chi connectivity index (χ1) is 7.66. The summed E-state index contributed by atoms with van der Waals surface area (Å²) in [5, 5.41) is 0. The molecule has 1 aliphatic rings. The maximum atomic E-state index is 11.2. The SMILES string of the molecule is NC(=O)C1CCCN(c2cccc(Br)n2)C1. The Balaban J connectivity index is 2.12. The fourth-order valence-corrected chi connectivity index (χ4v) is 2.33. The standard InChI is InChI=1S/C11H14BrN3O/c12-9-4-1-5-10(14-9)15-6-2-3-8(7-15)11(13)16/h1,4-5,8H,2-3,6-7H2,(H2,13,16). The number of hydrogen-bond donors (Lipinski definition) is 1. The number of rotatable bonds is 2. The summed E-state index contributed by atoms with van der Waals surface area (Å²) < 4.78 is 0.811. The number of amides is 1. The van der Waals surface area contributed by atoms with Crippen molar-refractivity contribution in [1.82, 2.24) is 4.98 Å². The Morgan fingerprint density at radius 1 is 1.56 bits per heavy atom. The number of pyridine rings is 1. The predicted octanol–water partition coefficient (Wildman–Crippen LogP) is 1.55. The van der Waals surface area contributed by atoms with Crippen LogP contribution in [0.3, 0.4) is 0 Å². The minimum Gasteiger partial charge on any atom is -0.369 e. The predicted molar refractivity (Wildman–Crippen MR) is 66.1 cm³/mol. The molecule has 0 radical (unpaired) electrons. The van der Waals surface area contributed by atoms with Gasteiger partial charge in [0, 0.05) is 13.1 Å². The third-order valence-electron chi connectivity index (χ3n) is 2.85. The highest BCUT2D eigenvalue weighted by molar-refractivity contribution is 9.10. The number of aromatic nitrogens is 1. The molecule has 2 heterocycles. The van der Waals surface area contributed by atoms with E-state index in [9.17, 15) is 4.79 Å². The second-order valence-corrected chi connectivity index (χ2v) is 4.82. The van der Waals surface area contributed by atoms with E-state index in [1.54, 1.807) is 0 Å². The van der Waals surface area contributed by atoms with Crippen LogP contribution in [0.25, 0.3) is 0 Å². The van der Waals surface area contributed by atoms with Gasteiger partial charge in [0.1, 0.15) is 10.4 Å². The second kappa shape index (κ2) is 4.82. The third kappa shape index (κ3) is 2.52. The zero-order valence-electron chi connectivity index (χ0n) is 8.90. The van der Waals surface area contributed by atoms with Crippen molar-refractivity contribution in [1.29, 1.82) is 0 Å². The maximum absolute atomic E-state index is 11.2. The average molecular weight is 284 g/mol. The van der Waals surface area contributed by atoms with Crippen molar-refractivity contribution in [2.75, 3.05) is 18.0 Å². The van der Waals surface area contributed by atoms with Crippen molar-refractivity contribution in [3.05, 3.63) is 22.8 Å². The molecule has 0 saturated carbocycles. The molecule has 4 nitrogen and oxygen atoms in total. The topological polar surface area (TPSA) is 59.2 Å². The van der Waals surface area contributed by atoms with Gasteiger partial charge < -0.3 is 10.6 Å². The van der Waals surface area contributed by atoms with Crippen LogP contribution in [-0.2, 0) is 4.79 Å². The van der Waals surface area contributed by atoms with Gasteiger partial charge in [-0.15, -0.1) is 0 Å². The van der Waals surface area contributed by atoms with Crippen molar-refractivity contribution >= 4 is 27.7 Å². The number of anilines is 1. The highest BCUT2D eigenvalue weighted by Crippen LogP contribution is 2.22. The van der Waals surface area contributed by atoms with Crippen LogP contribution in [0.1, 0.15) is 12.8 Å². The molecule has 0 spiro atoms. The minimum atomic E-state index is -0.209. The van der Waals surface area contributed by atoms with Gasteiger partial charge in [-0.25, -0.2) is 4.98 Å². The molecule has 1 aliphatic heterocycles. The van der Waals surface area contributed by atoms with Crippen LogP contribution in [0.5, 0.6) is 0 Å². The monoisotopic (exact) mass is 283 g/mol. The summed E-state index contributed by atoms with van der Waals surface area (Å²) in [5.74, 6) is 0.648. The first kappa shape index (κ1) is 11.4. The van der Waals surface area contributed by atoms with Gasteiger partial charge in [0.05, 0.1) is 5.92 Å². The van der Waals surface area contributed by atoms with Gasteiger partial charge in [0.2, 0.25) is 5.91 Å². The molecule has 5 heteroatoms. The average Bonchev–Trinajstić information content (AvgIpc) is 2.29. The van der Waals surface area contributed by atoms with E-state index in [1.165, 1.54) is 0 Å². The summed E-state index contributed by atoms with van der Waals surface area (Å²) in [7, 11) is 0. The lowest BCUT2D eigenvalue weighted by molar-refractivity contribution is -0.122. The summed E-state index contributed by atoms with van der Waals surface area (Å²) >= 11 is 3.34. The number of halogens is 1. The summed E-state index contributed by atoms with van der Waals surface area (Å²) in [5.41, 5.74) is 5.34. The summed E-state index contributed by atoms with van der Waals surface area (Å²) in [6, 6.07) is 5.79. The molecule has 2 N–H and O–H groups in total. The van der Waals surface area contributed by atoms with Gasteiger partial charge in [-0.3, -0.25) is 4.79 Å². The fraction of sp³-hybridized carbons (Fsp3) is 0.455. The molecule has 1 aromatic rings. The molecule has 0 aromatic carbocycles. The van der Waals surface area contributed by atoms with Crippen molar-refractivity contribution in [3.8, 4) is 0 Å². The Morgan fingerprint density at radius 3 is 3.06 bits per heavy atom. The summed E-state index contributed by atoms with van der Waals surface area (Å²) in [6.45, 7) is 1.62. The zero-order chi connectivity index (χ0) is 11.5. The Bertz CT molecular complexity index is 397. The van der Waals surface area contributed by atoms with Crippen molar-refractivity contribution < 1.29 is 4.79 Å². The van der Waals surface area contributed by atoms with Gasteiger partial charge in [-0.1, -0.05) is 6.07 Å². The first-order valence-corrected chi connectivity index (χ1v) is 6.13. The van der Waals surface area contributed by atoms with E-state index in [0.29, 0.717) is 6.54 Å². The molecule has 1 amide bonds. The molecule has 0 aliphatic carbocycles. The van der Waals surface area contributed by atoms with Gasteiger partial charge >= 0.3 is 0 Å². The summed E-state index contributed by atoms with van der Waals surface area (Å²) in [4.78, 5) is 17.7. The number of primary amides is 1. The Kier molecular flexibility index (Phi) is 3.43. The van der Waals surface area contributed by atoms with Gasteiger partial charge in [0.15, 0.2) is 0 Å². The molecule has 1 aromatic heterocycles. The Hall–Kier alpha value is -1.10. The van der Waals surface area contributed by atoms with E-state index in [0.717, 1.165) is 29.8 Å². The normalized spacial score (nSPS) is 20.8. The van der Waals surface area contributed by atoms with Crippen LogP contribution < -0.4 is 10.6 Å². The maximum Gasteiger partial charge on any atom is 0.222 e. The van der Waals surface area contributed by atoms with Crippen molar-refractivity contribution in [2.24, 2.45) is 11.7 Å². The number of carbonyl (C=O) groups excluding carboxylic acids is 1. The molecule has 1 saturated heterocycles. The van der Waals surface area contributed by atoms with Crippen LogP contribution in [0, 0.1) is 5.92 Å². The van der Waals surface area contributed by atoms with E-state index in [1.807, 2.05) is 18.2 Å². The molecular weight excluding hydrogens is 270 g/mol. The van der Waals surface area contributed by atoms with E-state index >= 15 is 0 Å². The third-order valence-corrected chi connectivity index (χ3v) is 3.29. The number of carbonyl (C=O) groups is 1. The number of piperidine rings is 1. The van der Waals surface area contributed by atoms with E-state index in [4.69, 9.17) is 5.73 Å². The van der Waals surface area contributed by atoms with E-state index in [-0.39, 0.29) is 11.8 Å². The molecule has 1 unspecified atom stereocenters. The van der Waals surface area contributed by atoms with E-state index in [2.05, 4.69) is 25.8 Å². The summed E-state index contributed by atoms with van der Waals surface area (Å²) in [6.07, 6.45) is 1.88. The van der Waals surface area contributed by atoms with Crippen LogP contribution >= 0.6 is 15.9 Å². The molecule has 86 valence electrons. The number of hydrogen-bond acceptors (Lipinski definition) is 3. The molecule has 1 atom stereocenters. The van der Waals surface area contributed by atoms with Crippen LogP contribution in [0.2, 0.25) is 0 Å². The molecule has 16 heavy (non-hydrogen) atoms. The first-order valence-electron chi connectivity index (χ1n) is 5.33.